The average molecular weight is 174 g/mol. The Balaban J connectivity index is 3.65. The van der Waals surface area contributed by atoms with Crippen molar-refractivity contribution in [1.82, 2.24) is 0 Å². The molecule has 0 aromatic rings. The van der Waals surface area contributed by atoms with Crippen molar-refractivity contribution >= 4 is 11.9 Å². The molecule has 12 heavy (non-hydrogen) atoms. The number of esters is 2. The zero-order chi connectivity index (χ0) is 9.56. The predicted octanol–water partition coefficient (Wildman–Crippen LogP) is 0.749. The molecule has 0 heterocycles. The van der Waals surface area contributed by atoms with Crippen LogP contribution in [-0.2, 0) is 19.1 Å². The zero-order valence-corrected chi connectivity index (χ0v) is 7.62. The Labute approximate surface area is 71.8 Å². The van der Waals surface area contributed by atoms with Gasteiger partial charge in [0.2, 0.25) is 0 Å². The Morgan fingerprint density at radius 1 is 1.17 bits per heavy atom. The highest BCUT2D eigenvalue weighted by Crippen LogP contribution is 1.93. The van der Waals surface area contributed by atoms with Crippen LogP contribution in [0.15, 0.2) is 0 Å². The van der Waals surface area contributed by atoms with Crippen LogP contribution in [0.2, 0.25) is 0 Å². The van der Waals surface area contributed by atoms with Gasteiger partial charge >= 0.3 is 11.9 Å². The van der Waals surface area contributed by atoms with Gasteiger partial charge in [0.05, 0.1) is 13.2 Å². The third-order valence-corrected chi connectivity index (χ3v) is 0.990. The Morgan fingerprint density at radius 3 is 2.08 bits per heavy atom. The van der Waals surface area contributed by atoms with E-state index in [1.807, 2.05) is 13.8 Å². The van der Waals surface area contributed by atoms with Gasteiger partial charge < -0.3 is 9.47 Å². The molecule has 4 heteroatoms. The number of hydrogen-bond donors (Lipinski definition) is 0. The van der Waals surface area contributed by atoms with E-state index in [2.05, 4.69) is 9.47 Å². The van der Waals surface area contributed by atoms with Gasteiger partial charge in [0.15, 0.2) is 0 Å². The highest BCUT2D eigenvalue weighted by molar-refractivity contribution is 6.29. The van der Waals surface area contributed by atoms with Gasteiger partial charge in [-0.25, -0.2) is 9.59 Å². The van der Waals surface area contributed by atoms with E-state index in [9.17, 15) is 9.59 Å². The minimum atomic E-state index is -0.918. The molecule has 0 aliphatic heterocycles. The Bertz CT molecular complexity index is 162. The van der Waals surface area contributed by atoms with Crippen molar-refractivity contribution in [2.45, 2.75) is 20.8 Å². The van der Waals surface area contributed by atoms with Gasteiger partial charge in [0.1, 0.15) is 0 Å². The van der Waals surface area contributed by atoms with Crippen LogP contribution in [0.25, 0.3) is 0 Å². The molecule has 0 aliphatic rings. The standard InChI is InChI=1S/C8H14O4/c1-4-11-7(9)8(10)12-5-6(2)3/h6H,4-5H2,1-3H3. The summed E-state index contributed by atoms with van der Waals surface area (Å²) in [5.74, 6) is -1.60. The lowest BCUT2D eigenvalue weighted by Crippen LogP contribution is -2.21. The lowest BCUT2D eigenvalue weighted by Gasteiger charge is -2.05. The van der Waals surface area contributed by atoms with Crippen LogP contribution >= 0.6 is 0 Å². The fraction of sp³-hybridized carbons (Fsp3) is 0.750. The number of ether oxygens (including phenoxy) is 2. The second kappa shape index (κ2) is 5.57. The molecule has 0 saturated carbocycles. The first kappa shape index (κ1) is 10.9. The van der Waals surface area contributed by atoms with Crippen LogP contribution in [0.3, 0.4) is 0 Å². The van der Waals surface area contributed by atoms with Crippen molar-refractivity contribution in [2.24, 2.45) is 5.92 Å². The summed E-state index contributed by atoms with van der Waals surface area (Å²) in [6.07, 6.45) is 0. The van der Waals surface area contributed by atoms with Crippen LogP contribution in [0.5, 0.6) is 0 Å². The van der Waals surface area contributed by atoms with Gasteiger partial charge in [-0.3, -0.25) is 0 Å². The molecule has 0 aliphatic carbocycles. The fourth-order valence-electron chi connectivity index (χ4n) is 0.491. The molecular formula is C8H14O4. The lowest BCUT2D eigenvalue weighted by atomic mass is 10.2. The van der Waals surface area contributed by atoms with E-state index >= 15 is 0 Å². The molecule has 0 saturated heterocycles. The first-order valence-corrected chi connectivity index (χ1v) is 3.91. The van der Waals surface area contributed by atoms with Gasteiger partial charge in [-0.2, -0.15) is 0 Å². The molecule has 0 rings (SSSR count). The first-order chi connectivity index (χ1) is 5.57. The van der Waals surface area contributed by atoms with Crippen molar-refractivity contribution in [3.63, 3.8) is 0 Å². The summed E-state index contributed by atoms with van der Waals surface area (Å²) in [5.41, 5.74) is 0. The summed E-state index contributed by atoms with van der Waals surface area (Å²) in [7, 11) is 0. The normalized spacial score (nSPS) is 9.67. The third kappa shape index (κ3) is 4.71. The summed E-state index contributed by atoms with van der Waals surface area (Å²) in [5, 5.41) is 0. The summed E-state index contributed by atoms with van der Waals surface area (Å²) in [4.78, 5) is 21.4. The largest absolute Gasteiger partial charge is 0.458 e. The van der Waals surface area contributed by atoms with E-state index in [4.69, 9.17) is 0 Å². The van der Waals surface area contributed by atoms with Crippen LogP contribution in [0.4, 0.5) is 0 Å². The van der Waals surface area contributed by atoms with Gasteiger partial charge in [-0.05, 0) is 12.8 Å². The molecule has 0 N–H and O–H groups in total. The number of carbonyl (C=O) groups is 2. The molecule has 0 spiro atoms. The zero-order valence-electron chi connectivity index (χ0n) is 7.62. The first-order valence-electron chi connectivity index (χ1n) is 3.91. The molecule has 0 aromatic carbocycles. The maximum Gasteiger partial charge on any atom is 0.417 e. The van der Waals surface area contributed by atoms with Crippen molar-refractivity contribution in [3.05, 3.63) is 0 Å². The van der Waals surface area contributed by atoms with Gasteiger partial charge in [-0.15, -0.1) is 0 Å². The van der Waals surface area contributed by atoms with Gasteiger partial charge in [-0.1, -0.05) is 13.8 Å². The maximum absolute atomic E-state index is 10.7. The molecule has 0 bridgehead atoms. The molecule has 0 amide bonds. The van der Waals surface area contributed by atoms with Gasteiger partial charge in [0.25, 0.3) is 0 Å². The average Bonchev–Trinajstić information content (AvgIpc) is 2.00. The minimum absolute atomic E-state index is 0.190. The molecule has 0 radical (unpaired) electrons. The quantitative estimate of drug-likeness (QED) is 0.468. The van der Waals surface area contributed by atoms with Crippen molar-refractivity contribution in [1.29, 1.82) is 0 Å². The predicted molar refractivity (Wildman–Crippen MR) is 42.4 cm³/mol. The van der Waals surface area contributed by atoms with E-state index in [1.165, 1.54) is 0 Å². The Morgan fingerprint density at radius 2 is 1.67 bits per heavy atom. The molecule has 0 fully saturated rings. The highest BCUT2D eigenvalue weighted by Gasteiger charge is 2.16. The van der Waals surface area contributed by atoms with Gasteiger partial charge in [0, 0.05) is 0 Å². The number of rotatable bonds is 3. The summed E-state index contributed by atoms with van der Waals surface area (Å²) >= 11 is 0. The van der Waals surface area contributed by atoms with E-state index in [1.54, 1.807) is 6.92 Å². The van der Waals surface area contributed by atoms with Crippen LogP contribution < -0.4 is 0 Å². The maximum atomic E-state index is 10.7. The second-order valence-electron chi connectivity index (χ2n) is 2.71. The fourth-order valence-corrected chi connectivity index (χ4v) is 0.491. The molecule has 0 unspecified atom stereocenters. The van der Waals surface area contributed by atoms with Crippen molar-refractivity contribution in [3.8, 4) is 0 Å². The second-order valence-corrected chi connectivity index (χ2v) is 2.71. The molecule has 4 nitrogen and oxygen atoms in total. The van der Waals surface area contributed by atoms with Crippen LogP contribution in [0.1, 0.15) is 20.8 Å². The summed E-state index contributed by atoms with van der Waals surface area (Å²) < 4.78 is 9.03. The Kier molecular flexibility index (Phi) is 5.08. The smallest absolute Gasteiger partial charge is 0.417 e. The Hall–Kier alpha value is -1.06. The monoisotopic (exact) mass is 174 g/mol. The van der Waals surface area contributed by atoms with Crippen molar-refractivity contribution in [2.75, 3.05) is 13.2 Å². The van der Waals surface area contributed by atoms with E-state index < -0.39 is 11.9 Å². The van der Waals surface area contributed by atoms with E-state index in [0.29, 0.717) is 0 Å². The molecular weight excluding hydrogens is 160 g/mol. The van der Waals surface area contributed by atoms with E-state index in [0.717, 1.165) is 0 Å². The lowest BCUT2D eigenvalue weighted by molar-refractivity contribution is -0.168. The number of hydrogen-bond acceptors (Lipinski definition) is 4. The van der Waals surface area contributed by atoms with E-state index in [-0.39, 0.29) is 19.1 Å². The van der Waals surface area contributed by atoms with Crippen LogP contribution in [-0.4, -0.2) is 25.2 Å². The summed E-state index contributed by atoms with van der Waals surface area (Å²) in [6.45, 7) is 5.84. The van der Waals surface area contributed by atoms with Crippen molar-refractivity contribution < 1.29 is 19.1 Å². The van der Waals surface area contributed by atoms with Crippen LogP contribution in [0, 0.1) is 5.92 Å². The highest BCUT2D eigenvalue weighted by atomic mass is 16.6. The molecule has 70 valence electrons. The minimum Gasteiger partial charge on any atom is -0.458 e. The topological polar surface area (TPSA) is 52.6 Å². The molecule has 0 aromatic heterocycles. The molecule has 0 atom stereocenters. The summed E-state index contributed by atoms with van der Waals surface area (Å²) in [6, 6.07) is 0. The number of carbonyl (C=O) groups excluding carboxylic acids is 2. The third-order valence-electron chi connectivity index (χ3n) is 0.990. The SMILES string of the molecule is CCOC(=O)C(=O)OCC(C)C.